The fourth-order valence-corrected chi connectivity index (χ4v) is 3.20. The number of fused-ring (bicyclic) bond motifs is 1. The van der Waals surface area contributed by atoms with E-state index in [0.29, 0.717) is 17.0 Å². The van der Waals surface area contributed by atoms with Crippen LogP contribution in [0.3, 0.4) is 0 Å². The fraction of sp³-hybridized carbons (Fsp3) is 0.643. The van der Waals surface area contributed by atoms with Gasteiger partial charge in [0.25, 0.3) is 0 Å². The number of imidazole rings is 1. The number of halogens is 1. The Morgan fingerprint density at radius 1 is 1.46 bits per heavy atom. The quantitative estimate of drug-likeness (QED) is 0.691. The van der Waals surface area contributed by atoms with E-state index in [-0.39, 0.29) is 5.95 Å². The molecule has 0 amide bonds. The minimum Gasteiger partial charge on any atom is -0.394 e. The maximum absolute atomic E-state index is 15.0. The number of nitrogen functional groups attached to an aromatic ring is 1. The molecule has 0 bridgehead atoms. The van der Waals surface area contributed by atoms with Crippen LogP contribution in [0.15, 0.2) is 6.33 Å². The Morgan fingerprint density at radius 3 is 2.79 bits per heavy atom. The molecule has 0 unspecified atom stereocenters. The first-order valence-corrected chi connectivity index (χ1v) is 7.81. The average molecular weight is 338 g/mol. The van der Waals surface area contributed by atoms with Gasteiger partial charge in [0.2, 0.25) is 5.95 Å². The zero-order chi connectivity index (χ0) is 17.1. The van der Waals surface area contributed by atoms with E-state index in [2.05, 4.69) is 15.0 Å². The van der Waals surface area contributed by atoms with Crippen molar-refractivity contribution in [3.05, 3.63) is 6.33 Å². The van der Waals surface area contributed by atoms with Crippen LogP contribution in [0.2, 0.25) is 0 Å². The van der Waals surface area contributed by atoms with Crippen LogP contribution in [0.5, 0.6) is 0 Å². The van der Waals surface area contributed by atoms with Crippen LogP contribution in [0, 0.1) is 0 Å². The maximum atomic E-state index is 15.0. The molecule has 2 aromatic heterocycles. The fourth-order valence-electron chi connectivity index (χ4n) is 3.20. The van der Waals surface area contributed by atoms with Gasteiger partial charge in [0.15, 0.2) is 28.9 Å². The molecule has 4 atom stereocenters. The summed E-state index contributed by atoms with van der Waals surface area (Å²) in [5, 5.41) is 19.3. The summed E-state index contributed by atoms with van der Waals surface area (Å²) < 4.78 is 21.9. The molecule has 9 nitrogen and oxygen atoms in total. The number of aromatic nitrogens is 4. The number of nitrogens with two attached hydrogens (primary N) is 1. The molecule has 4 heterocycles. The Kier molecular flexibility index (Phi) is 3.37. The summed E-state index contributed by atoms with van der Waals surface area (Å²) in [4.78, 5) is 14.7. The normalized spacial score (nSPS) is 33.2. The molecule has 2 fully saturated rings. The van der Waals surface area contributed by atoms with E-state index in [4.69, 9.17) is 10.5 Å². The number of alkyl halides is 1. The third-order valence-electron chi connectivity index (χ3n) is 4.73. The minimum absolute atomic E-state index is 0.0592. The number of rotatable bonds is 3. The summed E-state index contributed by atoms with van der Waals surface area (Å²) in [6.45, 7) is 2.44. The Balaban J connectivity index is 1.82. The van der Waals surface area contributed by atoms with Gasteiger partial charge < -0.3 is 25.6 Å². The van der Waals surface area contributed by atoms with E-state index in [1.54, 1.807) is 0 Å². The van der Waals surface area contributed by atoms with E-state index in [0.717, 1.165) is 19.5 Å². The van der Waals surface area contributed by atoms with Gasteiger partial charge in [-0.25, -0.2) is 9.37 Å². The molecule has 24 heavy (non-hydrogen) atoms. The van der Waals surface area contributed by atoms with E-state index >= 15 is 4.39 Å². The summed E-state index contributed by atoms with van der Waals surface area (Å²) in [5.74, 6) is 0.671. The average Bonchev–Trinajstić information content (AvgIpc) is 2.98. The van der Waals surface area contributed by atoms with Crippen molar-refractivity contribution in [1.82, 2.24) is 19.5 Å². The van der Waals surface area contributed by atoms with Crippen LogP contribution in [0.4, 0.5) is 16.2 Å². The number of aliphatic hydroxyl groups excluding tert-OH is 2. The van der Waals surface area contributed by atoms with Crippen molar-refractivity contribution in [2.75, 3.05) is 30.3 Å². The number of aliphatic hydroxyl groups is 2. The summed E-state index contributed by atoms with van der Waals surface area (Å²) in [5.41, 5.74) is 4.53. The SMILES string of the molecule is C[C@@]1(F)[C@H](O)[C@@H](CO)O[C@H]1n1cnc2c(N3CCC3)nc(N)nc21. The highest BCUT2D eigenvalue weighted by molar-refractivity contribution is 5.85. The lowest BCUT2D eigenvalue weighted by molar-refractivity contribution is -0.0566. The van der Waals surface area contributed by atoms with Gasteiger partial charge in [-0.15, -0.1) is 0 Å². The third-order valence-corrected chi connectivity index (χ3v) is 4.73. The van der Waals surface area contributed by atoms with Gasteiger partial charge in [0.1, 0.15) is 12.2 Å². The van der Waals surface area contributed by atoms with Gasteiger partial charge >= 0.3 is 0 Å². The van der Waals surface area contributed by atoms with Crippen LogP contribution >= 0.6 is 0 Å². The molecule has 0 radical (unpaired) electrons. The highest BCUT2D eigenvalue weighted by atomic mass is 19.1. The predicted octanol–water partition coefficient (Wildman–Crippen LogP) is -0.403. The van der Waals surface area contributed by atoms with E-state index < -0.39 is 30.7 Å². The largest absolute Gasteiger partial charge is 0.394 e. The molecule has 4 rings (SSSR count). The molecule has 10 heteroatoms. The van der Waals surface area contributed by atoms with E-state index in [1.807, 2.05) is 4.90 Å². The summed E-state index contributed by atoms with van der Waals surface area (Å²) in [7, 11) is 0. The third kappa shape index (κ3) is 2.06. The Labute approximate surface area is 136 Å². The molecular weight excluding hydrogens is 319 g/mol. The first-order chi connectivity index (χ1) is 11.4. The van der Waals surface area contributed by atoms with Crippen molar-refractivity contribution in [1.29, 1.82) is 0 Å². The van der Waals surface area contributed by atoms with Crippen LogP contribution in [-0.2, 0) is 4.74 Å². The lowest BCUT2D eigenvalue weighted by atomic mass is 9.98. The number of hydrogen-bond donors (Lipinski definition) is 3. The molecule has 0 spiro atoms. The van der Waals surface area contributed by atoms with Crippen molar-refractivity contribution in [3.63, 3.8) is 0 Å². The number of nitrogens with zero attached hydrogens (tertiary/aromatic N) is 5. The molecule has 0 saturated carbocycles. The Morgan fingerprint density at radius 2 is 2.21 bits per heavy atom. The zero-order valence-electron chi connectivity index (χ0n) is 13.1. The number of ether oxygens (including phenoxy) is 1. The van der Waals surface area contributed by atoms with E-state index in [1.165, 1.54) is 17.8 Å². The first kappa shape index (κ1) is 15.5. The van der Waals surface area contributed by atoms with Gasteiger partial charge in [-0.1, -0.05) is 0 Å². The van der Waals surface area contributed by atoms with Crippen LogP contribution < -0.4 is 10.6 Å². The minimum atomic E-state index is -2.11. The van der Waals surface area contributed by atoms with Crippen LogP contribution in [0.1, 0.15) is 19.6 Å². The van der Waals surface area contributed by atoms with Gasteiger partial charge in [0, 0.05) is 13.1 Å². The van der Waals surface area contributed by atoms with Gasteiger partial charge in [0.05, 0.1) is 12.9 Å². The molecule has 2 aliphatic rings. The molecule has 4 N–H and O–H groups in total. The molecule has 2 saturated heterocycles. The van der Waals surface area contributed by atoms with Gasteiger partial charge in [-0.3, -0.25) is 4.57 Å². The molecule has 2 aromatic rings. The number of anilines is 2. The van der Waals surface area contributed by atoms with E-state index in [9.17, 15) is 10.2 Å². The molecule has 0 aromatic carbocycles. The molecule has 130 valence electrons. The zero-order valence-corrected chi connectivity index (χ0v) is 13.1. The molecule has 2 aliphatic heterocycles. The second kappa shape index (κ2) is 5.23. The van der Waals surface area contributed by atoms with Crippen molar-refractivity contribution >= 4 is 22.9 Å². The van der Waals surface area contributed by atoms with Crippen molar-refractivity contribution in [2.45, 2.75) is 37.4 Å². The standard InChI is InChI=1S/C14H19FN6O3/c1-14(15)9(23)7(5-22)24-12(14)21-6-17-8-10(20-3-2-4-20)18-13(16)19-11(8)21/h6-7,9,12,22-23H,2-5H2,1H3,(H2,16,18,19)/t7-,9-,12-,14-/m1/s1. The summed E-state index contributed by atoms with van der Waals surface area (Å²) in [6, 6.07) is 0. The van der Waals surface area contributed by atoms with Gasteiger partial charge in [-0.2, -0.15) is 9.97 Å². The summed E-state index contributed by atoms with van der Waals surface area (Å²) in [6.07, 6.45) is -1.19. The summed E-state index contributed by atoms with van der Waals surface area (Å²) >= 11 is 0. The highest BCUT2D eigenvalue weighted by Crippen LogP contribution is 2.42. The smallest absolute Gasteiger partial charge is 0.224 e. The Bertz CT molecular complexity index is 777. The maximum Gasteiger partial charge on any atom is 0.224 e. The second-order valence-corrected chi connectivity index (χ2v) is 6.38. The van der Waals surface area contributed by atoms with Crippen molar-refractivity contribution in [3.8, 4) is 0 Å². The second-order valence-electron chi connectivity index (χ2n) is 6.38. The molecular formula is C14H19FN6O3. The topological polar surface area (TPSA) is 123 Å². The van der Waals surface area contributed by atoms with Crippen LogP contribution in [0.25, 0.3) is 11.2 Å². The van der Waals surface area contributed by atoms with Crippen molar-refractivity contribution in [2.24, 2.45) is 0 Å². The van der Waals surface area contributed by atoms with Gasteiger partial charge in [-0.05, 0) is 13.3 Å². The lowest BCUT2D eigenvalue weighted by Crippen LogP contribution is -2.40. The number of hydrogen-bond acceptors (Lipinski definition) is 8. The predicted molar refractivity (Wildman–Crippen MR) is 83.1 cm³/mol. The molecule has 0 aliphatic carbocycles. The van der Waals surface area contributed by atoms with Crippen LogP contribution in [-0.4, -0.2) is 67.3 Å². The monoisotopic (exact) mass is 338 g/mol. The van der Waals surface area contributed by atoms with Crippen molar-refractivity contribution < 1.29 is 19.3 Å². The highest BCUT2D eigenvalue weighted by Gasteiger charge is 2.55. The first-order valence-electron chi connectivity index (χ1n) is 7.81. The lowest BCUT2D eigenvalue weighted by Gasteiger charge is -2.32. The Hall–Kier alpha value is -2.04.